The Morgan fingerprint density at radius 2 is 1.72 bits per heavy atom. The van der Waals surface area contributed by atoms with E-state index in [1.54, 1.807) is 31.2 Å². The number of carbonyl (C=O) groups excluding carboxylic acids is 1. The standard InChI is InChI=1S/C17H15F4NO3/c1-3-24-13-7-5-4-6-12(13)22-17(23)9(2)25-16-14(20)10(18)8-11(19)15(16)21/h4-9H,3H2,1-2H3,(H,22,23)/t9-/m1/s1. The molecule has 0 aromatic heterocycles. The van der Waals surface area contributed by atoms with Gasteiger partial charge in [0.1, 0.15) is 5.75 Å². The maximum atomic E-state index is 13.6. The summed E-state index contributed by atoms with van der Waals surface area (Å²) in [4.78, 5) is 12.1. The molecule has 0 heterocycles. The molecule has 2 rings (SSSR count). The fraction of sp³-hybridized carbons (Fsp3) is 0.235. The number of rotatable bonds is 6. The summed E-state index contributed by atoms with van der Waals surface area (Å²) in [6.45, 7) is 3.30. The van der Waals surface area contributed by atoms with Crippen LogP contribution in [0.5, 0.6) is 11.5 Å². The van der Waals surface area contributed by atoms with Gasteiger partial charge < -0.3 is 14.8 Å². The van der Waals surface area contributed by atoms with Crippen molar-refractivity contribution in [2.24, 2.45) is 0 Å². The Bertz CT molecular complexity index is 756. The van der Waals surface area contributed by atoms with Gasteiger partial charge in [0.25, 0.3) is 5.91 Å². The van der Waals surface area contributed by atoms with Gasteiger partial charge in [0.2, 0.25) is 11.6 Å². The van der Waals surface area contributed by atoms with Crippen LogP contribution in [0.4, 0.5) is 23.2 Å². The van der Waals surface area contributed by atoms with Crippen molar-refractivity contribution in [3.8, 4) is 11.5 Å². The Hall–Kier alpha value is -2.77. The maximum Gasteiger partial charge on any atom is 0.265 e. The van der Waals surface area contributed by atoms with Crippen molar-refractivity contribution < 1.29 is 31.8 Å². The second kappa shape index (κ2) is 7.87. The van der Waals surface area contributed by atoms with Crippen molar-refractivity contribution >= 4 is 11.6 Å². The third kappa shape index (κ3) is 4.20. The summed E-state index contributed by atoms with van der Waals surface area (Å²) < 4.78 is 63.7. The largest absolute Gasteiger partial charge is 0.492 e. The number of hydrogen-bond acceptors (Lipinski definition) is 3. The lowest BCUT2D eigenvalue weighted by molar-refractivity contribution is -0.122. The van der Waals surface area contributed by atoms with E-state index in [9.17, 15) is 22.4 Å². The summed E-state index contributed by atoms with van der Waals surface area (Å²) in [6, 6.07) is 6.57. The molecule has 0 saturated heterocycles. The molecular formula is C17H15F4NO3. The first-order valence-electron chi connectivity index (χ1n) is 7.37. The molecule has 2 aromatic carbocycles. The minimum Gasteiger partial charge on any atom is -0.492 e. The molecule has 134 valence electrons. The molecule has 1 amide bonds. The smallest absolute Gasteiger partial charge is 0.265 e. The molecule has 0 aliphatic carbocycles. The first kappa shape index (κ1) is 18.6. The van der Waals surface area contributed by atoms with E-state index in [1.165, 1.54) is 6.92 Å². The van der Waals surface area contributed by atoms with E-state index in [4.69, 9.17) is 9.47 Å². The van der Waals surface area contributed by atoms with E-state index in [0.29, 0.717) is 18.0 Å². The lowest BCUT2D eigenvalue weighted by atomic mass is 10.2. The van der Waals surface area contributed by atoms with Gasteiger partial charge in [-0.25, -0.2) is 8.78 Å². The first-order valence-corrected chi connectivity index (χ1v) is 7.37. The number of halogens is 4. The van der Waals surface area contributed by atoms with E-state index >= 15 is 0 Å². The molecule has 0 bridgehead atoms. The highest BCUT2D eigenvalue weighted by atomic mass is 19.2. The number of carbonyl (C=O) groups is 1. The fourth-order valence-corrected chi connectivity index (χ4v) is 1.97. The Kier molecular flexibility index (Phi) is 5.84. The zero-order valence-electron chi connectivity index (χ0n) is 13.4. The van der Waals surface area contributed by atoms with Crippen LogP contribution in [0.2, 0.25) is 0 Å². The van der Waals surface area contributed by atoms with Crippen LogP contribution in [-0.4, -0.2) is 18.6 Å². The predicted molar refractivity (Wildman–Crippen MR) is 82.6 cm³/mol. The van der Waals surface area contributed by atoms with Crippen molar-refractivity contribution in [2.75, 3.05) is 11.9 Å². The van der Waals surface area contributed by atoms with Crippen molar-refractivity contribution in [1.82, 2.24) is 0 Å². The molecule has 2 aromatic rings. The zero-order valence-corrected chi connectivity index (χ0v) is 13.4. The second-order valence-electron chi connectivity index (χ2n) is 4.98. The van der Waals surface area contributed by atoms with Crippen LogP contribution in [0.1, 0.15) is 13.8 Å². The third-order valence-corrected chi connectivity index (χ3v) is 3.18. The molecule has 25 heavy (non-hydrogen) atoms. The van der Waals surface area contributed by atoms with Gasteiger partial charge in [-0.3, -0.25) is 4.79 Å². The van der Waals surface area contributed by atoms with E-state index in [1.807, 2.05) is 0 Å². The van der Waals surface area contributed by atoms with Crippen LogP contribution in [0.25, 0.3) is 0 Å². The SMILES string of the molecule is CCOc1ccccc1NC(=O)[C@@H](C)Oc1c(F)c(F)cc(F)c1F. The summed E-state index contributed by atoms with van der Waals surface area (Å²) in [5, 5.41) is 2.46. The monoisotopic (exact) mass is 357 g/mol. The van der Waals surface area contributed by atoms with Crippen LogP contribution >= 0.6 is 0 Å². The van der Waals surface area contributed by atoms with Gasteiger partial charge in [0.05, 0.1) is 12.3 Å². The Balaban J connectivity index is 2.17. The van der Waals surface area contributed by atoms with Crippen LogP contribution in [0, 0.1) is 23.3 Å². The molecule has 0 unspecified atom stereocenters. The highest BCUT2D eigenvalue weighted by Gasteiger charge is 2.25. The number of hydrogen-bond donors (Lipinski definition) is 1. The Morgan fingerprint density at radius 3 is 2.32 bits per heavy atom. The van der Waals surface area contributed by atoms with Crippen LogP contribution in [0.15, 0.2) is 30.3 Å². The summed E-state index contributed by atoms with van der Waals surface area (Å²) in [7, 11) is 0. The van der Waals surface area contributed by atoms with Gasteiger partial charge in [0, 0.05) is 6.07 Å². The first-order chi connectivity index (χ1) is 11.8. The summed E-state index contributed by atoms with van der Waals surface area (Å²) in [6.07, 6.45) is -1.43. The number of para-hydroxylation sites is 2. The van der Waals surface area contributed by atoms with Gasteiger partial charge in [-0.15, -0.1) is 0 Å². The van der Waals surface area contributed by atoms with Crippen molar-refractivity contribution in [1.29, 1.82) is 0 Å². The minimum atomic E-state index is -1.71. The van der Waals surface area contributed by atoms with E-state index in [2.05, 4.69) is 5.32 Å². The predicted octanol–water partition coefficient (Wildman–Crippen LogP) is 4.05. The van der Waals surface area contributed by atoms with Crippen molar-refractivity contribution in [3.05, 3.63) is 53.6 Å². The van der Waals surface area contributed by atoms with Gasteiger partial charge in [-0.2, -0.15) is 8.78 Å². The van der Waals surface area contributed by atoms with Crippen molar-refractivity contribution in [3.63, 3.8) is 0 Å². The van der Waals surface area contributed by atoms with Gasteiger partial charge in [-0.05, 0) is 26.0 Å². The second-order valence-corrected chi connectivity index (χ2v) is 4.98. The number of nitrogens with one attached hydrogen (secondary N) is 1. The van der Waals surface area contributed by atoms with Gasteiger partial charge in [0.15, 0.2) is 23.5 Å². The number of ether oxygens (including phenoxy) is 2. The van der Waals surface area contributed by atoms with E-state index in [0.717, 1.165) is 0 Å². The average molecular weight is 357 g/mol. The molecule has 1 N–H and O–H groups in total. The van der Waals surface area contributed by atoms with Gasteiger partial charge >= 0.3 is 0 Å². The zero-order chi connectivity index (χ0) is 18.6. The van der Waals surface area contributed by atoms with Crippen LogP contribution < -0.4 is 14.8 Å². The van der Waals surface area contributed by atoms with Crippen molar-refractivity contribution in [2.45, 2.75) is 20.0 Å². The van der Waals surface area contributed by atoms with Crippen LogP contribution in [0.3, 0.4) is 0 Å². The normalized spacial score (nSPS) is 11.8. The van der Waals surface area contributed by atoms with E-state index < -0.39 is 41.0 Å². The Labute approximate surface area is 141 Å². The summed E-state index contributed by atoms with van der Waals surface area (Å²) >= 11 is 0. The Morgan fingerprint density at radius 1 is 1.12 bits per heavy atom. The quantitative estimate of drug-likeness (QED) is 0.627. The maximum absolute atomic E-state index is 13.6. The third-order valence-electron chi connectivity index (χ3n) is 3.18. The summed E-state index contributed by atoms with van der Waals surface area (Å²) in [5.74, 6) is -8.36. The molecule has 0 spiro atoms. The number of benzene rings is 2. The topological polar surface area (TPSA) is 47.6 Å². The average Bonchev–Trinajstić information content (AvgIpc) is 2.58. The highest BCUT2D eigenvalue weighted by molar-refractivity contribution is 5.95. The fourth-order valence-electron chi connectivity index (χ4n) is 1.97. The molecular weight excluding hydrogens is 342 g/mol. The molecule has 0 aliphatic heterocycles. The molecule has 0 aliphatic rings. The summed E-state index contributed by atoms with van der Waals surface area (Å²) in [5.41, 5.74) is 0.316. The number of amides is 1. The molecule has 0 fully saturated rings. The highest BCUT2D eigenvalue weighted by Crippen LogP contribution is 2.28. The molecule has 8 heteroatoms. The lowest BCUT2D eigenvalue weighted by Crippen LogP contribution is -2.31. The molecule has 0 radical (unpaired) electrons. The van der Waals surface area contributed by atoms with Gasteiger partial charge in [-0.1, -0.05) is 12.1 Å². The molecule has 4 nitrogen and oxygen atoms in total. The molecule has 0 saturated carbocycles. The van der Waals surface area contributed by atoms with E-state index in [-0.39, 0.29) is 6.07 Å². The van der Waals surface area contributed by atoms with Crippen LogP contribution in [-0.2, 0) is 4.79 Å². The lowest BCUT2D eigenvalue weighted by Gasteiger charge is -2.17. The molecule has 1 atom stereocenters. The number of anilines is 1. The minimum absolute atomic E-state index is 0.0561.